The molecule has 0 radical (unpaired) electrons. The summed E-state index contributed by atoms with van der Waals surface area (Å²) in [5.74, 6) is 0.522. The first-order chi connectivity index (χ1) is 13.2. The fraction of sp³-hybridized carbons (Fsp3) is 0.455. The van der Waals surface area contributed by atoms with Gasteiger partial charge in [-0.2, -0.15) is 0 Å². The van der Waals surface area contributed by atoms with Crippen LogP contribution in [0.4, 0.5) is 0 Å². The number of hydrogen-bond donors (Lipinski definition) is 2. The van der Waals surface area contributed by atoms with E-state index in [1.165, 1.54) is 0 Å². The molecule has 0 saturated carbocycles. The lowest BCUT2D eigenvalue weighted by Crippen LogP contribution is -2.46. The fourth-order valence-electron chi connectivity index (χ4n) is 4.27. The maximum Gasteiger partial charge on any atom is 0.254 e. The highest BCUT2D eigenvalue weighted by molar-refractivity contribution is 6.07. The van der Waals surface area contributed by atoms with Gasteiger partial charge >= 0.3 is 0 Å². The van der Waals surface area contributed by atoms with Gasteiger partial charge in [-0.1, -0.05) is 36.4 Å². The van der Waals surface area contributed by atoms with Gasteiger partial charge in [0.15, 0.2) is 0 Å². The van der Waals surface area contributed by atoms with Gasteiger partial charge in [0.1, 0.15) is 0 Å². The number of nitrogens with one attached hydrogen (secondary N) is 2. The highest BCUT2D eigenvalue weighted by Crippen LogP contribution is 2.23. The second-order valence-electron chi connectivity index (χ2n) is 7.68. The largest absolute Gasteiger partial charge is 0.354 e. The summed E-state index contributed by atoms with van der Waals surface area (Å²) in [7, 11) is 0. The van der Waals surface area contributed by atoms with Crippen molar-refractivity contribution in [1.82, 2.24) is 15.5 Å². The minimum absolute atomic E-state index is 0.0398. The van der Waals surface area contributed by atoms with Gasteiger partial charge in [-0.15, -0.1) is 0 Å². The van der Waals surface area contributed by atoms with Crippen molar-refractivity contribution in [3.05, 3.63) is 48.0 Å². The van der Waals surface area contributed by atoms with Crippen LogP contribution in [0.3, 0.4) is 0 Å². The molecule has 0 aromatic heterocycles. The average molecular weight is 365 g/mol. The lowest BCUT2D eigenvalue weighted by Gasteiger charge is -2.33. The van der Waals surface area contributed by atoms with Crippen molar-refractivity contribution in [2.24, 2.45) is 5.92 Å². The van der Waals surface area contributed by atoms with E-state index in [9.17, 15) is 9.59 Å². The van der Waals surface area contributed by atoms with Crippen LogP contribution in [-0.4, -0.2) is 48.9 Å². The lowest BCUT2D eigenvalue weighted by atomic mass is 9.96. The Hall–Kier alpha value is -2.40. The molecule has 4 rings (SSSR count). The van der Waals surface area contributed by atoms with E-state index >= 15 is 0 Å². The zero-order valence-corrected chi connectivity index (χ0v) is 15.6. The van der Waals surface area contributed by atoms with E-state index in [4.69, 9.17) is 0 Å². The quantitative estimate of drug-likeness (QED) is 0.875. The Morgan fingerprint density at radius 1 is 1.07 bits per heavy atom. The van der Waals surface area contributed by atoms with Crippen molar-refractivity contribution in [2.75, 3.05) is 26.2 Å². The van der Waals surface area contributed by atoms with E-state index in [-0.39, 0.29) is 17.9 Å². The molecule has 0 aliphatic carbocycles. The highest BCUT2D eigenvalue weighted by Gasteiger charge is 2.27. The second kappa shape index (κ2) is 8.09. The summed E-state index contributed by atoms with van der Waals surface area (Å²) in [6.07, 6.45) is 4.02. The lowest BCUT2D eigenvalue weighted by molar-refractivity contribution is -0.123. The minimum atomic E-state index is -0.0398. The van der Waals surface area contributed by atoms with Crippen LogP contribution in [0.2, 0.25) is 0 Å². The summed E-state index contributed by atoms with van der Waals surface area (Å²) in [6, 6.07) is 13.9. The van der Waals surface area contributed by atoms with Crippen LogP contribution in [0.25, 0.3) is 10.8 Å². The van der Waals surface area contributed by atoms with E-state index in [2.05, 4.69) is 10.6 Å². The Morgan fingerprint density at radius 3 is 2.78 bits per heavy atom. The van der Waals surface area contributed by atoms with Gasteiger partial charge in [0.05, 0.1) is 6.04 Å². The normalized spacial score (nSPS) is 22.7. The number of hydrogen-bond acceptors (Lipinski definition) is 3. The summed E-state index contributed by atoms with van der Waals surface area (Å²) in [4.78, 5) is 27.3. The van der Waals surface area contributed by atoms with Gasteiger partial charge in [0, 0.05) is 25.2 Å². The monoisotopic (exact) mass is 365 g/mol. The van der Waals surface area contributed by atoms with Crippen LogP contribution in [0.15, 0.2) is 42.5 Å². The molecule has 0 spiro atoms. The molecule has 2 aliphatic rings. The predicted octanol–water partition coefficient (Wildman–Crippen LogP) is 2.56. The number of benzene rings is 2. The second-order valence-corrected chi connectivity index (χ2v) is 7.68. The molecule has 2 aromatic carbocycles. The zero-order valence-electron chi connectivity index (χ0n) is 15.6. The molecular weight excluding hydrogens is 338 g/mol. The summed E-state index contributed by atoms with van der Waals surface area (Å²) in [6.45, 7) is 3.07. The van der Waals surface area contributed by atoms with Crippen molar-refractivity contribution in [3.63, 3.8) is 0 Å². The van der Waals surface area contributed by atoms with Gasteiger partial charge < -0.3 is 15.5 Å². The Labute approximate surface area is 160 Å². The van der Waals surface area contributed by atoms with Gasteiger partial charge in [0.25, 0.3) is 5.91 Å². The van der Waals surface area contributed by atoms with E-state index in [1.54, 1.807) is 0 Å². The van der Waals surface area contributed by atoms with Crippen LogP contribution in [0.5, 0.6) is 0 Å². The Balaban J connectivity index is 1.40. The standard InChI is InChI=1S/C22H27N3O2/c26-21(20-11-4-12-23-20)24-14-16-6-5-13-25(15-16)22(27)19-10-3-8-17-7-1-2-9-18(17)19/h1-3,7-10,16,20,23H,4-6,11-15H2,(H,24,26). The van der Waals surface area contributed by atoms with Crippen LogP contribution in [0, 0.1) is 5.92 Å². The van der Waals surface area contributed by atoms with Crippen LogP contribution in [0.1, 0.15) is 36.0 Å². The SMILES string of the molecule is O=C(NCC1CCCN(C(=O)c2cccc3ccccc23)C1)C1CCCN1. The van der Waals surface area contributed by atoms with Crippen molar-refractivity contribution in [3.8, 4) is 0 Å². The van der Waals surface area contributed by atoms with E-state index < -0.39 is 0 Å². The molecule has 2 heterocycles. The van der Waals surface area contributed by atoms with Crippen molar-refractivity contribution < 1.29 is 9.59 Å². The van der Waals surface area contributed by atoms with Gasteiger partial charge in [-0.05, 0) is 55.0 Å². The molecule has 2 aliphatic heterocycles. The summed E-state index contributed by atoms with van der Waals surface area (Å²) < 4.78 is 0. The van der Waals surface area contributed by atoms with Gasteiger partial charge in [-0.3, -0.25) is 9.59 Å². The average Bonchev–Trinajstić information content (AvgIpc) is 3.26. The maximum atomic E-state index is 13.1. The maximum absolute atomic E-state index is 13.1. The Bertz CT molecular complexity index is 824. The summed E-state index contributed by atoms with van der Waals surface area (Å²) in [5.41, 5.74) is 0.771. The molecule has 2 amide bonds. The first-order valence-electron chi connectivity index (χ1n) is 10.0. The molecule has 5 heteroatoms. The summed E-state index contributed by atoms with van der Waals surface area (Å²) in [5, 5.41) is 8.41. The third-order valence-electron chi connectivity index (χ3n) is 5.77. The molecule has 2 atom stereocenters. The molecule has 142 valence electrons. The first-order valence-corrected chi connectivity index (χ1v) is 10.0. The summed E-state index contributed by atoms with van der Waals surface area (Å²) >= 11 is 0. The number of amides is 2. The van der Waals surface area contributed by atoms with E-state index in [1.807, 2.05) is 47.4 Å². The molecule has 2 saturated heterocycles. The topological polar surface area (TPSA) is 61.4 Å². The van der Waals surface area contributed by atoms with Crippen LogP contribution >= 0.6 is 0 Å². The highest BCUT2D eigenvalue weighted by atomic mass is 16.2. The number of nitrogens with zero attached hydrogens (tertiary/aromatic N) is 1. The molecule has 2 N–H and O–H groups in total. The number of carbonyl (C=O) groups is 2. The number of fused-ring (bicyclic) bond motifs is 1. The first kappa shape index (κ1) is 18.0. The van der Waals surface area contributed by atoms with Crippen molar-refractivity contribution in [1.29, 1.82) is 0 Å². The third-order valence-corrected chi connectivity index (χ3v) is 5.77. The van der Waals surface area contributed by atoms with Crippen LogP contribution in [-0.2, 0) is 4.79 Å². The number of piperidine rings is 1. The Morgan fingerprint density at radius 2 is 1.93 bits per heavy atom. The van der Waals surface area contributed by atoms with Gasteiger partial charge in [0.2, 0.25) is 5.91 Å². The van der Waals surface area contributed by atoms with E-state index in [0.29, 0.717) is 19.0 Å². The zero-order chi connectivity index (χ0) is 18.6. The van der Waals surface area contributed by atoms with Gasteiger partial charge in [-0.25, -0.2) is 0 Å². The molecular formula is C22H27N3O2. The molecule has 2 unspecified atom stereocenters. The molecule has 2 fully saturated rings. The molecule has 27 heavy (non-hydrogen) atoms. The van der Waals surface area contributed by atoms with Crippen molar-refractivity contribution in [2.45, 2.75) is 31.7 Å². The number of likely N-dealkylation sites (tertiary alicyclic amines) is 1. The Kier molecular flexibility index (Phi) is 5.39. The minimum Gasteiger partial charge on any atom is -0.354 e. The third kappa shape index (κ3) is 3.98. The fourth-order valence-corrected chi connectivity index (χ4v) is 4.27. The van der Waals surface area contributed by atoms with E-state index in [0.717, 1.165) is 55.1 Å². The molecule has 2 aromatic rings. The smallest absolute Gasteiger partial charge is 0.254 e. The predicted molar refractivity (Wildman–Crippen MR) is 107 cm³/mol. The van der Waals surface area contributed by atoms with Crippen molar-refractivity contribution >= 4 is 22.6 Å². The number of carbonyl (C=O) groups excluding carboxylic acids is 2. The molecule has 0 bridgehead atoms. The van der Waals surface area contributed by atoms with Crippen LogP contribution < -0.4 is 10.6 Å². The number of rotatable bonds is 4. The molecule has 5 nitrogen and oxygen atoms in total.